The largest absolute Gasteiger partial charge is 0.460 e. The summed E-state index contributed by atoms with van der Waals surface area (Å²) < 4.78 is 5.59. The van der Waals surface area contributed by atoms with E-state index in [9.17, 15) is 19.5 Å². The van der Waals surface area contributed by atoms with Crippen molar-refractivity contribution >= 4 is 17.5 Å². The number of fused-ring (bicyclic) bond motifs is 5. The van der Waals surface area contributed by atoms with Crippen LogP contribution in [0.5, 0.6) is 0 Å². The number of aliphatic hydroxyl groups is 1. The van der Waals surface area contributed by atoms with Gasteiger partial charge in [-0.2, -0.15) is 0 Å². The van der Waals surface area contributed by atoms with E-state index in [1.165, 1.54) is 19.8 Å². The van der Waals surface area contributed by atoms with E-state index >= 15 is 0 Å². The van der Waals surface area contributed by atoms with Gasteiger partial charge in [0, 0.05) is 31.6 Å². The molecule has 0 saturated heterocycles. The maximum Gasteiger partial charge on any atom is 0.303 e. The highest BCUT2D eigenvalue weighted by Gasteiger charge is 2.67. The number of ketones is 2. The minimum atomic E-state index is -1.45. The molecule has 5 nitrogen and oxygen atoms in total. The summed E-state index contributed by atoms with van der Waals surface area (Å²) in [6.07, 6.45) is 8.34. The summed E-state index contributed by atoms with van der Waals surface area (Å²) in [4.78, 5) is 37.1. The third-order valence-electron chi connectivity index (χ3n) is 11.9. The van der Waals surface area contributed by atoms with Gasteiger partial charge in [-0.3, -0.25) is 14.4 Å². The Labute approximate surface area is 212 Å². The molecule has 4 rings (SSSR count). The highest BCUT2D eigenvalue weighted by Crippen LogP contribution is 2.68. The molecule has 0 amide bonds. The average molecular weight is 489 g/mol. The van der Waals surface area contributed by atoms with Crippen molar-refractivity contribution in [3.05, 3.63) is 0 Å². The molecule has 0 aliphatic heterocycles. The lowest BCUT2D eigenvalue weighted by Gasteiger charge is -2.62. The molecule has 1 N–H and O–H groups in total. The van der Waals surface area contributed by atoms with Crippen LogP contribution in [0.2, 0.25) is 0 Å². The molecule has 4 fully saturated rings. The smallest absolute Gasteiger partial charge is 0.303 e. The topological polar surface area (TPSA) is 80.7 Å². The Bertz CT molecular complexity index is 878. The molecular formula is C30H48O5. The van der Waals surface area contributed by atoms with Crippen LogP contribution < -0.4 is 0 Å². The predicted molar refractivity (Wildman–Crippen MR) is 135 cm³/mol. The summed E-state index contributed by atoms with van der Waals surface area (Å²) >= 11 is 0. The molecule has 0 aromatic heterocycles. The molecule has 0 spiro atoms. The van der Waals surface area contributed by atoms with Crippen LogP contribution in [0.25, 0.3) is 0 Å². The van der Waals surface area contributed by atoms with Gasteiger partial charge in [0.2, 0.25) is 0 Å². The fourth-order valence-electron chi connectivity index (χ4n) is 9.34. The molecule has 1 unspecified atom stereocenters. The monoisotopic (exact) mass is 488 g/mol. The summed E-state index contributed by atoms with van der Waals surface area (Å²) in [5, 5.41) is 11.5. The molecule has 4 aliphatic carbocycles. The number of carbonyl (C=O) groups is 3. The van der Waals surface area contributed by atoms with Crippen LogP contribution >= 0.6 is 0 Å². The van der Waals surface area contributed by atoms with Crippen LogP contribution in [-0.4, -0.2) is 33.8 Å². The highest BCUT2D eigenvalue weighted by atomic mass is 16.6. The molecule has 5 heteroatoms. The first-order valence-corrected chi connectivity index (χ1v) is 14.1. The fraction of sp³-hybridized carbons (Fsp3) is 0.900. The number of hydrogen-bond acceptors (Lipinski definition) is 5. The molecule has 9 atom stereocenters. The SMILES string of the molecule is CC(=O)OC(C)(C)[C@@H](C)CC[C@@H](C)[C@H]1CC[C@H]2[C@@H]3CC(=O)C4(O)CC(=O)CC[C@]4(C)[C@H]3CC[C@]12C. The van der Waals surface area contributed by atoms with Gasteiger partial charge in [-0.25, -0.2) is 0 Å². The number of Topliss-reactive ketones (excluding diaryl/α,β-unsaturated/α-hetero) is 2. The van der Waals surface area contributed by atoms with E-state index in [2.05, 4.69) is 27.7 Å². The van der Waals surface area contributed by atoms with Gasteiger partial charge in [-0.15, -0.1) is 0 Å². The van der Waals surface area contributed by atoms with Crippen molar-refractivity contribution < 1.29 is 24.2 Å². The van der Waals surface area contributed by atoms with Crippen LogP contribution in [0.3, 0.4) is 0 Å². The molecular weight excluding hydrogens is 440 g/mol. The second kappa shape index (κ2) is 8.96. The Hall–Kier alpha value is -1.23. The zero-order chi connectivity index (χ0) is 26.0. The first kappa shape index (κ1) is 26.8. The van der Waals surface area contributed by atoms with Crippen molar-refractivity contribution in [2.24, 2.45) is 46.3 Å². The number of esters is 1. The number of ether oxygens (including phenoxy) is 1. The second-order valence-electron chi connectivity index (χ2n) is 13.9. The standard InChI is InChI=1S/C30H48O5/c1-18(8-9-19(2)27(4,5)35-20(3)31)23-10-11-24-22-16-26(33)30(34)17-21(32)12-15-29(30,7)25(22)13-14-28(23,24)6/h18-19,22-25,34H,8-17H2,1-7H3/t18-,19+,22+,23-,24+,25+,28-,29-,30?/m1/s1. The second-order valence-corrected chi connectivity index (χ2v) is 13.9. The van der Waals surface area contributed by atoms with Crippen LogP contribution in [0.15, 0.2) is 0 Å². The van der Waals surface area contributed by atoms with E-state index in [4.69, 9.17) is 4.74 Å². The lowest BCUT2D eigenvalue weighted by Crippen LogP contribution is -2.66. The Balaban J connectivity index is 1.47. The quantitative estimate of drug-likeness (QED) is 0.471. The number of carbonyl (C=O) groups excluding carboxylic acids is 3. The number of hydrogen-bond donors (Lipinski definition) is 1. The minimum Gasteiger partial charge on any atom is -0.460 e. The third-order valence-corrected chi connectivity index (χ3v) is 11.9. The molecule has 4 aliphatic rings. The molecule has 35 heavy (non-hydrogen) atoms. The van der Waals surface area contributed by atoms with Crippen LogP contribution in [0.4, 0.5) is 0 Å². The summed E-state index contributed by atoms with van der Waals surface area (Å²) in [7, 11) is 0. The molecule has 0 heterocycles. The van der Waals surface area contributed by atoms with Gasteiger partial charge in [0.15, 0.2) is 5.78 Å². The molecule has 0 aromatic rings. The van der Waals surface area contributed by atoms with Crippen molar-refractivity contribution in [2.45, 2.75) is 124 Å². The van der Waals surface area contributed by atoms with E-state index in [-0.39, 0.29) is 35.3 Å². The van der Waals surface area contributed by atoms with E-state index in [1.54, 1.807) is 0 Å². The normalized spacial score (nSPS) is 43.1. The van der Waals surface area contributed by atoms with Gasteiger partial charge >= 0.3 is 5.97 Å². The Morgan fingerprint density at radius 1 is 1.09 bits per heavy atom. The van der Waals surface area contributed by atoms with Gasteiger partial charge in [0.25, 0.3) is 0 Å². The van der Waals surface area contributed by atoms with Gasteiger partial charge < -0.3 is 9.84 Å². The average Bonchev–Trinajstić information content (AvgIpc) is 3.10. The summed E-state index contributed by atoms with van der Waals surface area (Å²) in [5.41, 5.74) is -2.15. The molecule has 0 radical (unpaired) electrons. The van der Waals surface area contributed by atoms with Gasteiger partial charge in [0.05, 0.1) is 0 Å². The van der Waals surface area contributed by atoms with Crippen LogP contribution in [-0.2, 0) is 19.1 Å². The maximum atomic E-state index is 13.4. The first-order valence-electron chi connectivity index (χ1n) is 14.1. The zero-order valence-electron chi connectivity index (χ0n) is 23.1. The van der Waals surface area contributed by atoms with E-state index in [0.717, 1.165) is 25.7 Å². The van der Waals surface area contributed by atoms with Crippen molar-refractivity contribution in [2.75, 3.05) is 0 Å². The molecule has 4 saturated carbocycles. The Morgan fingerprint density at radius 3 is 2.43 bits per heavy atom. The van der Waals surface area contributed by atoms with Gasteiger partial charge in [-0.05, 0) is 93.3 Å². The Kier molecular flexibility index (Phi) is 6.86. The number of rotatable bonds is 6. The maximum absolute atomic E-state index is 13.4. The third kappa shape index (κ3) is 4.22. The van der Waals surface area contributed by atoms with Crippen LogP contribution in [0.1, 0.15) is 113 Å². The highest BCUT2D eigenvalue weighted by molar-refractivity contribution is 5.96. The molecule has 0 aromatic carbocycles. The van der Waals surface area contributed by atoms with Gasteiger partial charge in [0.1, 0.15) is 17.0 Å². The van der Waals surface area contributed by atoms with Crippen LogP contribution in [0, 0.1) is 46.3 Å². The van der Waals surface area contributed by atoms with Crippen molar-refractivity contribution in [3.8, 4) is 0 Å². The first-order chi connectivity index (χ1) is 16.2. The zero-order valence-corrected chi connectivity index (χ0v) is 23.1. The summed E-state index contributed by atoms with van der Waals surface area (Å²) in [6.45, 7) is 14.7. The molecule has 0 bridgehead atoms. The van der Waals surface area contributed by atoms with Crippen molar-refractivity contribution in [1.82, 2.24) is 0 Å². The summed E-state index contributed by atoms with van der Waals surface area (Å²) in [6, 6.07) is 0. The van der Waals surface area contributed by atoms with E-state index in [1.807, 2.05) is 13.8 Å². The molecule has 198 valence electrons. The Morgan fingerprint density at radius 2 is 1.77 bits per heavy atom. The van der Waals surface area contributed by atoms with E-state index < -0.39 is 16.6 Å². The van der Waals surface area contributed by atoms with Crippen molar-refractivity contribution in [1.29, 1.82) is 0 Å². The minimum absolute atomic E-state index is 0.0228. The lowest BCUT2D eigenvalue weighted by atomic mass is 9.42. The van der Waals surface area contributed by atoms with Gasteiger partial charge in [-0.1, -0.05) is 34.1 Å². The van der Waals surface area contributed by atoms with E-state index in [0.29, 0.717) is 48.9 Å². The predicted octanol–water partition coefficient (Wildman–Crippen LogP) is 5.90. The summed E-state index contributed by atoms with van der Waals surface area (Å²) in [5.74, 6) is 2.43. The fourth-order valence-corrected chi connectivity index (χ4v) is 9.34. The lowest BCUT2D eigenvalue weighted by molar-refractivity contribution is -0.203. The van der Waals surface area contributed by atoms with Crippen molar-refractivity contribution in [3.63, 3.8) is 0 Å².